The maximum atomic E-state index is 12.9. The first-order chi connectivity index (χ1) is 54.8. The van der Waals surface area contributed by atoms with Crippen molar-refractivity contribution in [2.45, 2.75) is 344 Å². The summed E-state index contributed by atoms with van der Waals surface area (Å²) in [6, 6.07) is 3.70. The minimum Gasteiger partial charge on any atom is -0.870 e. The fraction of sp³-hybridized carbons (Fsp3) is 0.895. The van der Waals surface area contributed by atoms with E-state index >= 15 is 0 Å². The number of carboxylic acids is 1. The third-order valence-electron chi connectivity index (χ3n) is 28.1. The van der Waals surface area contributed by atoms with Gasteiger partial charge in [-0.2, -0.15) is 0 Å². The van der Waals surface area contributed by atoms with Crippen LogP contribution in [0.1, 0.15) is 248 Å². The van der Waals surface area contributed by atoms with Gasteiger partial charge >= 0.3 is 61.1 Å². The minimum atomic E-state index is -0.860. The van der Waals surface area contributed by atoms with Crippen LogP contribution in [0.15, 0.2) is 0 Å². The molecular weight excluding hydrogens is 1570 g/mol. The second-order valence-corrected chi connectivity index (χ2v) is 35.3. The molecule has 119 heavy (non-hydrogen) atoms. The number of rotatable bonds is 21. The van der Waals surface area contributed by atoms with Crippen LogP contribution in [0, 0.1) is 29.1 Å². The number of hydrogen-bond donors (Lipinski definition) is 3. The Hall–Kier alpha value is -4.39. The molecule has 5 N–H and O–H groups in total. The van der Waals surface area contributed by atoms with Gasteiger partial charge in [0.2, 0.25) is 0 Å². The van der Waals surface area contributed by atoms with Crippen molar-refractivity contribution >= 4 is 78.7 Å². The summed E-state index contributed by atoms with van der Waals surface area (Å²) in [6.07, 6.45) is 29.0. The quantitative estimate of drug-likeness (QED) is 0.0549. The number of likely N-dealkylation sites (tertiary alicyclic amines) is 3. The van der Waals surface area contributed by atoms with Crippen LogP contribution >= 0.6 is 24.8 Å². The van der Waals surface area contributed by atoms with Crippen molar-refractivity contribution < 1.29 is 120 Å². The van der Waals surface area contributed by atoms with E-state index in [1.54, 1.807) is 33.2 Å². The van der Waals surface area contributed by atoms with Crippen molar-refractivity contribution in [3.05, 3.63) is 0 Å². The Labute approximate surface area is 734 Å². The van der Waals surface area contributed by atoms with Gasteiger partial charge in [0.05, 0.1) is 40.6 Å². The van der Waals surface area contributed by atoms with E-state index < -0.39 is 18.2 Å². The van der Waals surface area contributed by atoms with E-state index in [2.05, 4.69) is 38.6 Å². The number of piperidine rings is 8. The van der Waals surface area contributed by atoms with Gasteiger partial charge in [-0.25, -0.2) is 33.6 Å². The van der Waals surface area contributed by atoms with Gasteiger partial charge in [-0.1, -0.05) is 20.8 Å². The number of ketones is 2. The predicted molar refractivity (Wildman–Crippen MR) is 451 cm³/mol. The van der Waals surface area contributed by atoms with Gasteiger partial charge in [0, 0.05) is 120 Å². The Morgan fingerprint density at radius 1 is 0.420 bits per heavy atom. The van der Waals surface area contributed by atoms with Crippen molar-refractivity contribution in [3.63, 3.8) is 0 Å². The summed E-state index contributed by atoms with van der Waals surface area (Å²) in [5.41, 5.74) is 6.07. The number of fused-ring (bicyclic) bond motifs is 8. The number of halogens is 2. The number of nitrogens with zero attached hydrogens (tertiary/aromatic N) is 7. The fourth-order valence-corrected chi connectivity index (χ4v) is 21.7. The van der Waals surface area contributed by atoms with E-state index in [0.717, 1.165) is 194 Å². The third-order valence-corrected chi connectivity index (χ3v) is 28.1. The number of carbonyl (C=O) groups is 9. The Kier molecular flexibility index (Phi) is 46.6. The zero-order chi connectivity index (χ0) is 82.4. The van der Waals surface area contributed by atoms with Gasteiger partial charge in [-0.15, -0.1) is 24.8 Å². The van der Waals surface area contributed by atoms with Gasteiger partial charge in [0.25, 0.3) is 0 Å². The largest absolute Gasteiger partial charge is 1.00 e. The van der Waals surface area contributed by atoms with E-state index in [0.29, 0.717) is 118 Å². The molecule has 4 amide bonds. The summed E-state index contributed by atoms with van der Waals surface area (Å²) in [6.45, 7) is 21.3. The monoisotopic (exact) mass is 1720 g/mol. The minimum absolute atomic E-state index is 0. The molecular formula is C86H152Cl2LiN9O21. The molecule has 0 radical (unpaired) electrons. The molecule has 0 aromatic carbocycles. The van der Waals surface area contributed by atoms with Gasteiger partial charge in [-0.05, 0) is 289 Å². The van der Waals surface area contributed by atoms with E-state index in [-0.39, 0.29) is 146 Å². The molecule has 12 saturated heterocycles. The van der Waals surface area contributed by atoms with E-state index in [9.17, 15) is 48.3 Å². The van der Waals surface area contributed by atoms with Crippen LogP contribution < -0.4 is 29.9 Å². The second kappa shape index (κ2) is 51.9. The van der Waals surface area contributed by atoms with E-state index in [4.69, 9.17) is 48.4 Å². The summed E-state index contributed by atoms with van der Waals surface area (Å²) < 4.78 is 51.7. The molecule has 14 fully saturated rings. The average Bonchev–Trinajstić information content (AvgIpc) is 1.67. The summed E-state index contributed by atoms with van der Waals surface area (Å²) in [4.78, 5) is 122. The molecule has 14 aliphatic rings. The Bertz CT molecular complexity index is 3030. The molecule has 30 nitrogen and oxygen atoms in total. The average molecular weight is 1730 g/mol. The maximum Gasteiger partial charge on any atom is 1.00 e. The van der Waals surface area contributed by atoms with Crippen molar-refractivity contribution in [1.82, 2.24) is 39.6 Å². The van der Waals surface area contributed by atoms with Crippen molar-refractivity contribution in [2.75, 3.05) is 121 Å². The molecule has 12 aliphatic heterocycles. The van der Waals surface area contributed by atoms with Crippen LogP contribution in [0.5, 0.6) is 0 Å². The fourth-order valence-electron chi connectivity index (χ4n) is 21.7. The molecule has 12 heterocycles. The first kappa shape index (κ1) is 107. The summed E-state index contributed by atoms with van der Waals surface area (Å²) in [5, 5.41) is 12.5. The van der Waals surface area contributed by atoms with Gasteiger partial charge in [-0.3, -0.25) is 9.59 Å². The predicted octanol–water partition coefficient (Wildman–Crippen LogP) is 8.71. The van der Waals surface area contributed by atoms with Crippen molar-refractivity contribution in [2.24, 2.45) is 34.8 Å². The SMILES string of the molecule is C.CC1(N)CCC1.CCOC(=O)N1C2CCC1CC(=O)C2.CCOC(=O)N1C2CCC1CC(N1CCC(C(OC)C(=O)CC3(C)CCC3)CC1)C2.CCOC(=O)N1C2CCC1CC(N1CCC(C(OC)C(=O)O)CC1)C2.CCOC(=O)N1C2CCC1CC(N1CCC(C(OC)C(=O)OC)CC1)C2.COC(=O)C(OC)C1CCNCC1.Cl.Cl.[Li+].[OH-]. The first-order valence-corrected chi connectivity index (χ1v) is 43.9. The molecule has 12 unspecified atom stereocenters. The van der Waals surface area contributed by atoms with Crippen LogP contribution in [-0.2, 0) is 71.3 Å². The summed E-state index contributed by atoms with van der Waals surface area (Å²) >= 11 is 0. The number of Topliss-reactive ketones (excluding diaryl/α,β-unsaturated/α-hetero) is 2. The van der Waals surface area contributed by atoms with E-state index in [1.165, 1.54) is 59.9 Å². The Balaban J connectivity index is 0.000000312. The zero-order valence-corrected chi connectivity index (χ0v) is 75.2. The number of ether oxygens (including phenoxy) is 10. The first-order valence-electron chi connectivity index (χ1n) is 43.9. The normalized spacial score (nSPS) is 29.0. The number of carboxylic acid groups (broad SMARTS) is 1. The second-order valence-electron chi connectivity index (χ2n) is 35.3. The molecule has 2 aliphatic carbocycles. The van der Waals surface area contributed by atoms with E-state index in [1.807, 2.05) is 35.5 Å². The molecule has 682 valence electrons. The van der Waals surface area contributed by atoms with Crippen LogP contribution in [0.2, 0.25) is 0 Å². The number of esters is 2. The number of nitrogens with one attached hydrogen (secondary N) is 1. The number of aliphatic carboxylic acids is 1. The number of amides is 4. The molecule has 33 heteroatoms. The molecule has 8 bridgehead atoms. The van der Waals surface area contributed by atoms with Gasteiger partial charge in [0.15, 0.2) is 24.1 Å². The van der Waals surface area contributed by atoms with Gasteiger partial charge in [0.1, 0.15) is 11.9 Å². The molecule has 14 rings (SSSR count). The molecule has 2 saturated carbocycles. The topological polar surface area (TPSA) is 357 Å². The van der Waals surface area contributed by atoms with Gasteiger partial charge < -0.3 is 103 Å². The molecule has 12 atom stereocenters. The number of methoxy groups -OCH3 is 6. The van der Waals surface area contributed by atoms with Crippen LogP contribution in [0.3, 0.4) is 0 Å². The van der Waals surface area contributed by atoms with Crippen molar-refractivity contribution in [3.8, 4) is 0 Å². The molecule has 0 spiro atoms. The number of carbonyl (C=O) groups excluding carboxylic acids is 8. The Morgan fingerprint density at radius 3 is 0.924 bits per heavy atom. The smallest absolute Gasteiger partial charge is 0.870 e. The number of nitrogens with two attached hydrogens (primary N) is 1. The number of hydrogen-bond acceptors (Lipinski definition) is 25. The maximum absolute atomic E-state index is 12.9. The van der Waals surface area contributed by atoms with Crippen LogP contribution in [0.4, 0.5) is 19.2 Å². The molecule has 0 aromatic heterocycles. The van der Waals surface area contributed by atoms with Crippen LogP contribution in [0.25, 0.3) is 0 Å². The third kappa shape index (κ3) is 28.6. The molecule has 0 aromatic rings. The van der Waals surface area contributed by atoms with Crippen molar-refractivity contribution in [1.29, 1.82) is 0 Å². The standard InChI is InChI=1S/C24H40N2O4.C19H32N2O5.C18H30N2O5.C10H15NO3.C9H17NO3.C5H11N.CH4.2ClH.Li.H2O/c1-4-30-23(28)26-18-6-7-19(26)15-20(14-18)25-12-8-17(9-13-25)22(29-3)21(27)16-24(2)10-5-11-24;1-4-26-19(23)21-14-5-6-15(21)12-16(11-14)20-9-7-13(8-10-20)17(24-2)18(22)25-3;1-3-25-18(23)20-13-4-5-14(20)11-15(10-13)19-8-6-12(7-9-19)16(24-2)17(21)22;1-2-14-10(13)11-7-3-4-8(11)6-9(12)5-7;1-12-8(9(11)13-2)7-3-5-10-6-4-7;1-5(6)3-2-4-5;;;;;/h17-20,22H,4-16H2,1-3H3;13-17H,4-12H2,1-3H3;12-16H,3-11H2,1-2H3,(H,21,22);7-8H,2-6H2,1H3;7-8,10H,3-6H2,1-2H3;2-4,6H2,1H3;1H4;2*1H;;1H2/q;;;;;;;;;+1;/p-1. The summed E-state index contributed by atoms with van der Waals surface area (Å²) in [7, 11) is 9.14. The summed E-state index contributed by atoms with van der Waals surface area (Å²) in [5.74, 6) is 0.187. The zero-order valence-electron chi connectivity index (χ0n) is 73.6. The van der Waals surface area contributed by atoms with Crippen LogP contribution in [-0.4, -0.2) is 317 Å². The Morgan fingerprint density at radius 2 is 0.681 bits per heavy atom.